The molecule has 8 nitrogen and oxygen atoms in total. The number of amides is 1. The number of benzene rings is 1. The second-order valence-corrected chi connectivity index (χ2v) is 6.18. The first-order valence-electron chi connectivity index (χ1n) is 6.04. The summed E-state index contributed by atoms with van der Waals surface area (Å²) in [5.41, 5.74) is -0.0801. The maximum atomic E-state index is 12.3. The van der Waals surface area contributed by atoms with Gasteiger partial charge in [-0.3, -0.25) is 4.79 Å². The molecule has 1 aliphatic heterocycles. The minimum absolute atomic E-state index is 0.0642. The van der Waals surface area contributed by atoms with Gasteiger partial charge in [-0.05, 0) is 18.2 Å². The summed E-state index contributed by atoms with van der Waals surface area (Å²) < 4.78 is 31.9. The molecule has 0 spiro atoms. The Bertz CT molecular complexity index is 685. The van der Waals surface area contributed by atoms with Crippen molar-refractivity contribution in [2.45, 2.75) is 17.4 Å². The monoisotopic (exact) mass is 314 g/mol. The van der Waals surface area contributed by atoms with E-state index in [1.54, 1.807) is 0 Å². The minimum atomic E-state index is -3.91. The van der Waals surface area contributed by atoms with Crippen LogP contribution in [0.25, 0.3) is 0 Å². The van der Waals surface area contributed by atoms with Crippen LogP contribution in [0.2, 0.25) is 0 Å². The molecule has 1 heterocycles. The van der Waals surface area contributed by atoms with Crippen molar-refractivity contribution in [3.63, 3.8) is 0 Å². The van der Waals surface area contributed by atoms with E-state index in [-0.39, 0.29) is 35.1 Å². The first kappa shape index (κ1) is 15.3. The molecule has 2 rings (SSSR count). The van der Waals surface area contributed by atoms with Crippen molar-refractivity contribution in [2.24, 2.45) is 0 Å². The topological polar surface area (TPSA) is 122 Å². The highest BCUT2D eigenvalue weighted by atomic mass is 32.2. The average molecular weight is 314 g/mol. The average Bonchev–Trinajstić information content (AvgIpc) is 2.82. The van der Waals surface area contributed by atoms with Gasteiger partial charge in [0.1, 0.15) is 10.6 Å². The first-order valence-corrected chi connectivity index (χ1v) is 7.52. The van der Waals surface area contributed by atoms with Crippen LogP contribution in [-0.4, -0.2) is 45.1 Å². The molecule has 1 aromatic carbocycles. The molecule has 0 saturated carbocycles. The van der Waals surface area contributed by atoms with Crippen molar-refractivity contribution in [3.8, 4) is 5.75 Å². The number of hydrogen-bond donors (Lipinski definition) is 3. The molecule has 1 amide bonds. The Morgan fingerprint density at radius 3 is 2.71 bits per heavy atom. The summed E-state index contributed by atoms with van der Waals surface area (Å²) in [4.78, 5) is 21.8. The third-order valence-corrected chi connectivity index (χ3v) is 4.56. The molecule has 21 heavy (non-hydrogen) atoms. The van der Waals surface area contributed by atoms with E-state index in [2.05, 4.69) is 10.0 Å². The molecule has 0 aliphatic carbocycles. The van der Waals surface area contributed by atoms with Crippen LogP contribution in [0.5, 0.6) is 5.75 Å². The number of nitrogens with one attached hydrogen (secondary N) is 2. The molecule has 1 aliphatic rings. The second kappa shape index (κ2) is 5.70. The maximum Gasteiger partial charge on any atom is 0.335 e. The lowest BCUT2D eigenvalue weighted by Crippen LogP contribution is -2.36. The van der Waals surface area contributed by atoms with E-state index >= 15 is 0 Å². The summed E-state index contributed by atoms with van der Waals surface area (Å²) in [5, 5.41) is 11.4. The fourth-order valence-corrected chi connectivity index (χ4v) is 3.38. The Hall–Kier alpha value is -2.13. The van der Waals surface area contributed by atoms with Gasteiger partial charge in [-0.2, -0.15) is 0 Å². The van der Waals surface area contributed by atoms with Crippen molar-refractivity contribution in [1.82, 2.24) is 10.0 Å². The highest BCUT2D eigenvalue weighted by molar-refractivity contribution is 7.89. The van der Waals surface area contributed by atoms with E-state index in [4.69, 9.17) is 9.84 Å². The maximum absolute atomic E-state index is 12.3. The van der Waals surface area contributed by atoms with Gasteiger partial charge in [-0.15, -0.1) is 0 Å². The summed E-state index contributed by atoms with van der Waals surface area (Å²) in [6.07, 6.45) is 0.0642. The zero-order valence-electron chi connectivity index (χ0n) is 11.1. The lowest BCUT2D eigenvalue weighted by Gasteiger charge is -2.14. The lowest BCUT2D eigenvalue weighted by atomic mass is 10.2. The van der Waals surface area contributed by atoms with Gasteiger partial charge in [0.15, 0.2) is 0 Å². The molecule has 9 heteroatoms. The molecular formula is C12H14N2O6S. The van der Waals surface area contributed by atoms with E-state index in [9.17, 15) is 18.0 Å². The van der Waals surface area contributed by atoms with Gasteiger partial charge in [0.05, 0.1) is 12.7 Å². The fraction of sp³-hybridized carbons (Fsp3) is 0.333. The number of carboxylic acids is 1. The Morgan fingerprint density at radius 2 is 2.19 bits per heavy atom. The predicted molar refractivity (Wildman–Crippen MR) is 71.7 cm³/mol. The highest BCUT2D eigenvalue weighted by Crippen LogP contribution is 2.25. The van der Waals surface area contributed by atoms with Crippen LogP contribution in [0.3, 0.4) is 0 Å². The standard InChI is InChI=1S/C12H14N2O6S/c1-20-9-4-7(12(16)17)2-3-10(9)21(18,19)14-8-5-11(15)13-6-8/h2-4,8,14H,5-6H2,1H3,(H,13,15)(H,16,17). The highest BCUT2D eigenvalue weighted by Gasteiger charge is 2.29. The van der Waals surface area contributed by atoms with Crippen molar-refractivity contribution in [3.05, 3.63) is 23.8 Å². The molecule has 0 bridgehead atoms. The summed E-state index contributed by atoms with van der Waals surface area (Å²) in [5.74, 6) is -1.48. The van der Waals surface area contributed by atoms with Gasteiger partial charge in [0.2, 0.25) is 15.9 Å². The molecule has 0 radical (unpaired) electrons. The summed E-state index contributed by atoms with van der Waals surface area (Å²) in [6, 6.07) is 2.94. The molecule has 1 aromatic rings. The zero-order chi connectivity index (χ0) is 15.6. The molecule has 0 aromatic heterocycles. The Morgan fingerprint density at radius 1 is 1.48 bits per heavy atom. The Labute approximate surface area is 121 Å². The number of carboxylic acid groups (broad SMARTS) is 1. The van der Waals surface area contributed by atoms with Crippen molar-refractivity contribution < 1.29 is 27.9 Å². The van der Waals surface area contributed by atoms with Crippen molar-refractivity contribution in [2.75, 3.05) is 13.7 Å². The van der Waals surface area contributed by atoms with Gasteiger partial charge in [-0.1, -0.05) is 0 Å². The Balaban J connectivity index is 2.31. The van der Waals surface area contributed by atoms with Crippen LogP contribution >= 0.6 is 0 Å². The fourth-order valence-electron chi connectivity index (χ4n) is 1.99. The lowest BCUT2D eigenvalue weighted by molar-refractivity contribution is -0.119. The molecule has 114 valence electrons. The molecule has 1 fully saturated rings. The predicted octanol–water partition coefficient (Wildman–Crippen LogP) is -0.440. The molecule has 1 atom stereocenters. The van der Waals surface area contributed by atoms with Gasteiger partial charge in [0.25, 0.3) is 0 Å². The number of hydrogen-bond acceptors (Lipinski definition) is 5. The van der Waals surface area contributed by atoms with E-state index in [0.29, 0.717) is 0 Å². The normalized spacial score (nSPS) is 18.3. The molecule has 3 N–H and O–H groups in total. The van der Waals surface area contributed by atoms with Gasteiger partial charge in [-0.25, -0.2) is 17.9 Å². The number of methoxy groups -OCH3 is 1. The number of ether oxygens (including phenoxy) is 1. The number of sulfonamides is 1. The largest absolute Gasteiger partial charge is 0.495 e. The quantitative estimate of drug-likeness (QED) is 0.677. The van der Waals surface area contributed by atoms with Crippen LogP contribution < -0.4 is 14.8 Å². The summed E-state index contributed by atoms with van der Waals surface area (Å²) in [7, 11) is -2.66. The van der Waals surface area contributed by atoms with Crippen LogP contribution in [0, 0.1) is 0 Å². The Kier molecular flexibility index (Phi) is 4.14. The van der Waals surface area contributed by atoms with E-state index in [0.717, 1.165) is 12.1 Å². The van der Waals surface area contributed by atoms with E-state index < -0.39 is 22.0 Å². The van der Waals surface area contributed by atoms with Crippen LogP contribution in [-0.2, 0) is 14.8 Å². The number of aromatic carboxylic acids is 1. The van der Waals surface area contributed by atoms with Gasteiger partial charge < -0.3 is 15.2 Å². The van der Waals surface area contributed by atoms with Crippen LogP contribution in [0.4, 0.5) is 0 Å². The molecule has 1 saturated heterocycles. The van der Waals surface area contributed by atoms with Crippen LogP contribution in [0.1, 0.15) is 16.8 Å². The third-order valence-electron chi connectivity index (χ3n) is 3.00. The van der Waals surface area contributed by atoms with Crippen molar-refractivity contribution in [1.29, 1.82) is 0 Å². The number of carbonyl (C=O) groups excluding carboxylic acids is 1. The van der Waals surface area contributed by atoms with Crippen LogP contribution in [0.15, 0.2) is 23.1 Å². The smallest absolute Gasteiger partial charge is 0.335 e. The van der Waals surface area contributed by atoms with Gasteiger partial charge >= 0.3 is 5.97 Å². The molecule has 1 unspecified atom stereocenters. The number of carbonyl (C=O) groups is 2. The van der Waals surface area contributed by atoms with Gasteiger partial charge in [0, 0.05) is 19.0 Å². The number of rotatable bonds is 5. The second-order valence-electron chi connectivity index (χ2n) is 4.50. The first-order chi connectivity index (χ1) is 9.83. The minimum Gasteiger partial charge on any atom is -0.495 e. The zero-order valence-corrected chi connectivity index (χ0v) is 11.9. The van der Waals surface area contributed by atoms with E-state index in [1.165, 1.54) is 13.2 Å². The van der Waals surface area contributed by atoms with E-state index in [1.807, 2.05) is 0 Å². The third kappa shape index (κ3) is 3.31. The summed E-state index contributed by atoms with van der Waals surface area (Å²) in [6.45, 7) is 0.216. The molecular weight excluding hydrogens is 300 g/mol. The van der Waals surface area contributed by atoms with Crippen molar-refractivity contribution >= 4 is 21.9 Å². The summed E-state index contributed by atoms with van der Waals surface area (Å²) >= 11 is 0. The SMILES string of the molecule is COc1cc(C(=O)O)ccc1S(=O)(=O)NC1CNC(=O)C1.